The van der Waals surface area contributed by atoms with Crippen LogP contribution in [0, 0.1) is 6.92 Å². The van der Waals surface area contributed by atoms with Crippen molar-refractivity contribution in [2.75, 3.05) is 32.6 Å². The Hall–Kier alpha value is -2.38. The van der Waals surface area contributed by atoms with E-state index in [0.29, 0.717) is 11.5 Å². The highest BCUT2D eigenvalue weighted by molar-refractivity contribution is 7.99. The fraction of sp³-hybridized carbons (Fsp3) is 0.435. The van der Waals surface area contributed by atoms with E-state index in [-0.39, 0.29) is 25.7 Å². The third kappa shape index (κ3) is 6.31. The standard InChI is InChI=1S/C23H29NO5S/c1-16-7-3-4-9-19(16)28-14-18(25)13-24-23(26)15-29-21-12-22-17(11-20(21)27-2)8-5-6-10-30-22/h3-4,7,9,11-12,18,25H,5-6,8,10,13-15H2,1-2H3,(H,24,26). The summed E-state index contributed by atoms with van der Waals surface area (Å²) >= 11 is 1.81. The zero-order chi connectivity index (χ0) is 21.3. The van der Waals surface area contributed by atoms with Crippen molar-refractivity contribution in [1.82, 2.24) is 5.32 Å². The van der Waals surface area contributed by atoms with Gasteiger partial charge in [0.25, 0.3) is 5.91 Å². The molecule has 0 saturated heterocycles. The first kappa shape index (κ1) is 22.3. The van der Waals surface area contributed by atoms with E-state index in [1.54, 1.807) is 7.11 Å². The fourth-order valence-electron chi connectivity index (χ4n) is 3.17. The highest BCUT2D eigenvalue weighted by Crippen LogP contribution is 2.38. The summed E-state index contributed by atoms with van der Waals surface area (Å²) < 4.78 is 16.8. The van der Waals surface area contributed by atoms with Crippen LogP contribution in [0.15, 0.2) is 41.3 Å². The number of rotatable bonds is 9. The van der Waals surface area contributed by atoms with Gasteiger partial charge < -0.3 is 24.6 Å². The Morgan fingerprint density at radius 2 is 2.00 bits per heavy atom. The average molecular weight is 432 g/mol. The van der Waals surface area contributed by atoms with Crippen molar-refractivity contribution in [3.8, 4) is 17.2 Å². The monoisotopic (exact) mass is 431 g/mol. The zero-order valence-electron chi connectivity index (χ0n) is 17.5. The van der Waals surface area contributed by atoms with Crippen molar-refractivity contribution in [3.63, 3.8) is 0 Å². The number of ether oxygens (including phenoxy) is 3. The number of methoxy groups -OCH3 is 1. The van der Waals surface area contributed by atoms with Crippen LogP contribution in [0.5, 0.6) is 17.2 Å². The van der Waals surface area contributed by atoms with Crippen molar-refractivity contribution in [1.29, 1.82) is 0 Å². The molecule has 0 fully saturated rings. The Labute approximate surface area is 181 Å². The number of benzene rings is 2. The first-order valence-electron chi connectivity index (χ1n) is 10.2. The van der Waals surface area contributed by atoms with Gasteiger partial charge in [-0.15, -0.1) is 11.8 Å². The van der Waals surface area contributed by atoms with E-state index < -0.39 is 6.10 Å². The highest BCUT2D eigenvalue weighted by atomic mass is 32.2. The number of para-hydroxylation sites is 1. The lowest BCUT2D eigenvalue weighted by molar-refractivity contribution is -0.123. The summed E-state index contributed by atoms with van der Waals surface area (Å²) in [7, 11) is 1.60. The molecule has 2 aromatic carbocycles. The SMILES string of the molecule is COc1cc2c(cc1OCC(=O)NCC(O)COc1ccccc1C)SCCCC2. The van der Waals surface area contributed by atoms with Gasteiger partial charge in [0, 0.05) is 11.4 Å². The number of nitrogens with one attached hydrogen (secondary N) is 1. The Kier molecular flexibility index (Phi) is 8.28. The van der Waals surface area contributed by atoms with Crippen molar-refractivity contribution < 1.29 is 24.1 Å². The van der Waals surface area contributed by atoms with E-state index in [2.05, 4.69) is 5.32 Å². The van der Waals surface area contributed by atoms with Gasteiger partial charge in [-0.2, -0.15) is 0 Å². The van der Waals surface area contributed by atoms with Gasteiger partial charge in [-0.3, -0.25) is 4.79 Å². The molecule has 2 aromatic rings. The zero-order valence-corrected chi connectivity index (χ0v) is 18.3. The Bertz CT molecular complexity index is 857. The number of hydrogen-bond acceptors (Lipinski definition) is 6. The summed E-state index contributed by atoms with van der Waals surface area (Å²) in [6, 6.07) is 11.6. The molecular formula is C23H29NO5S. The molecule has 0 bridgehead atoms. The minimum Gasteiger partial charge on any atom is -0.493 e. The van der Waals surface area contributed by atoms with Gasteiger partial charge in [-0.05, 0) is 61.3 Å². The third-order valence-corrected chi connectivity index (χ3v) is 6.05. The van der Waals surface area contributed by atoms with Crippen LogP contribution in [0.3, 0.4) is 0 Å². The number of carbonyl (C=O) groups excluding carboxylic acids is 1. The number of hydrogen-bond donors (Lipinski definition) is 2. The molecule has 0 spiro atoms. The molecular weight excluding hydrogens is 402 g/mol. The van der Waals surface area contributed by atoms with Crippen LogP contribution in [0.1, 0.15) is 24.0 Å². The van der Waals surface area contributed by atoms with Crippen LogP contribution in [0.4, 0.5) is 0 Å². The minimum atomic E-state index is -0.813. The lowest BCUT2D eigenvalue weighted by atomic mass is 10.1. The van der Waals surface area contributed by atoms with Gasteiger partial charge in [0.2, 0.25) is 0 Å². The number of fused-ring (bicyclic) bond motifs is 1. The second-order valence-corrected chi connectivity index (χ2v) is 8.38. The van der Waals surface area contributed by atoms with Crippen molar-refractivity contribution >= 4 is 17.7 Å². The maximum Gasteiger partial charge on any atom is 0.258 e. The smallest absolute Gasteiger partial charge is 0.258 e. The summed E-state index contributed by atoms with van der Waals surface area (Å²) in [6.45, 7) is 1.98. The number of aliphatic hydroxyl groups excluding tert-OH is 1. The lowest BCUT2D eigenvalue weighted by Gasteiger charge is -2.16. The Balaban J connectivity index is 1.46. The molecule has 7 heteroatoms. The summed E-state index contributed by atoms with van der Waals surface area (Å²) in [4.78, 5) is 13.3. The average Bonchev–Trinajstić information content (AvgIpc) is 2.99. The second kappa shape index (κ2) is 11.1. The van der Waals surface area contributed by atoms with E-state index in [1.165, 1.54) is 23.3 Å². The molecule has 6 nitrogen and oxygen atoms in total. The quantitative estimate of drug-likeness (QED) is 0.634. The minimum absolute atomic E-state index is 0.0885. The number of aryl methyl sites for hydroxylation is 2. The van der Waals surface area contributed by atoms with E-state index >= 15 is 0 Å². The molecule has 0 aromatic heterocycles. The topological polar surface area (TPSA) is 77.0 Å². The van der Waals surface area contributed by atoms with Crippen LogP contribution in [0.25, 0.3) is 0 Å². The van der Waals surface area contributed by atoms with Crippen LogP contribution >= 0.6 is 11.8 Å². The Morgan fingerprint density at radius 3 is 2.80 bits per heavy atom. The van der Waals surface area contributed by atoms with E-state index in [9.17, 15) is 9.90 Å². The highest BCUT2D eigenvalue weighted by Gasteiger charge is 2.16. The van der Waals surface area contributed by atoms with Crippen LogP contribution < -0.4 is 19.5 Å². The number of thioether (sulfide) groups is 1. The number of amides is 1. The summed E-state index contributed by atoms with van der Waals surface area (Å²) in [6.07, 6.45) is 2.58. The normalized spacial score (nSPS) is 14.2. The molecule has 30 heavy (non-hydrogen) atoms. The van der Waals surface area contributed by atoms with Crippen molar-refractivity contribution in [3.05, 3.63) is 47.5 Å². The van der Waals surface area contributed by atoms with Gasteiger partial charge in [0.15, 0.2) is 18.1 Å². The predicted molar refractivity (Wildman–Crippen MR) is 118 cm³/mol. The summed E-state index contributed by atoms with van der Waals surface area (Å²) in [5, 5.41) is 12.7. The van der Waals surface area contributed by atoms with E-state index in [0.717, 1.165) is 23.5 Å². The summed E-state index contributed by atoms with van der Waals surface area (Å²) in [5.41, 5.74) is 2.26. The number of aliphatic hydroxyl groups is 1. The molecule has 1 aliphatic heterocycles. The third-order valence-electron chi connectivity index (χ3n) is 4.86. The molecule has 0 radical (unpaired) electrons. The van der Waals surface area contributed by atoms with E-state index in [4.69, 9.17) is 14.2 Å². The fourth-order valence-corrected chi connectivity index (χ4v) is 4.28. The molecule has 162 valence electrons. The van der Waals surface area contributed by atoms with Crippen LogP contribution in [0.2, 0.25) is 0 Å². The van der Waals surface area contributed by atoms with Gasteiger partial charge in [0.05, 0.1) is 7.11 Å². The van der Waals surface area contributed by atoms with Gasteiger partial charge >= 0.3 is 0 Å². The maximum absolute atomic E-state index is 12.2. The van der Waals surface area contributed by atoms with Gasteiger partial charge in [-0.25, -0.2) is 0 Å². The predicted octanol–water partition coefficient (Wildman–Crippen LogP) is 3.37. The molecule has 1 aliphatic rings. The molecule has 0 saturated carbocycles. The van der Waals surface area contributed by atoms with Crippen LogP contribution in [-0.2, 0) is 11.2 Å². The molecule has 2 N–H and O–H groups in total. The largest absolute Gasteiger partial charge is 0.493 e. The van der Waals surface area contributed by atoms with Gasteiger partial charge in [0.1, 0.15) is 18.5 Å². The molecule has 3 rings (SSSR count). The molecule has 0 aliphatic carbocycles. The Morgan fingerprint density at radius 1 is 1.17 bits per heavy atom. The van der Waals surface area contributed by atoms with Gasteiger partial charge in [-0.1, -0.05) is 18.2 Å². The second-order valence-electron chi connectivity index (χ2n) is 7.24. The number of carbonyl (C=O) groups is 1. The first-order chi connectivity index (χ1) is 14.6. The maximum atomic E-state index is 12.2. The van der Waals surface area contributed by atoms with Crippen molar-refractivity contribution in [2.24, 2.45) is 0 Å². The molecule has 1 unspecified atom stereocenters. The molecule has 1 heterocycles. The first-order valence-corrected chi connectivity index (χ1v) is 11.1. The van der Waals surface area contributed by atoms with Crippen molar-refractivity contribution in [2.45, 2.75) is 37.2 Å². The molecule has 1 atom stereocenters. The lowest BCUT2D eigenvalue weighted by Crippen LogP contribution is -2.37. The van der Waals surface area contributed by atoms with E-state index in [1.807, 2.05) is 55.1 Å². The van der Waals surface area contributed by atoms with Crippen LogP contribution in [-0.4, -0.2) is 49.7 Å². The summed E-state index contributed by atoms with van der Waals surface area (Å²) in [5.74, 6) is 2.69. The molecule has 1 amide bonds.